The number of hydrogen-bond donors (Lipinski definition) is 1. The second-order valence-electron chi connectivity index (χ2n) is 7.62. The van der Waals surface area contributed by atoms with Gasteiger partial charge in [-0.25, -0.2) is 4.39 Å². The highest BCUT2D eigenvalue weighted by molar-refractivity contribution is 8.26. The van der Waals surface area contributed by atoms with Crippen molar-refractivity contribution in [1.82, 2.24) is 9.58 Å². The second-order valence-corrected chi connectivity index (χ2v) is 8.66. The molecule has 160 valence electrons. The summed E-state index contributed by atoms with van der Waals surface area (Å²) in [5.74, 6) is -0.665. The van der Waals surface area contributed by atoms with Crippen LogP contribution >= 0.6 is 11.8 Å². The zero-order valence-electron chi connectivity index (χ0n) is 17.4. The fraction of sp³-hybridized carbons (Fsp3) is 0.167. The van der Waals surface area contributed by atoms with Gasteiger partial charge in [0.15, 0.2) is 5.84 Å². The first kappa shape index (κ1) is 20.4. The lowest BCUT2D eigenvalue weighted by Crippen LogP contribution is -2.35. The van der Waals surface area contributed by atoms with Crippen LogP contribution in [0.25, 0.3) is 17.0 Å². The highest BCUT2D eigenvalue weighted by atomic mass is 32.2. The number of halogens is 1. The Morgan fingerprint density at radius 2 is 1.94 bits per heavy atom. The molecule has 8 heteroatoms. The molecule has 0 unspecified atom stereocenters. The number of para-hydroxylation sites is 1. The molecule has 0 saturated heterocycles. The zero-order valence-corrected chi connectivity index (χ0v) is 18.2. The highest BCUT2D eigenvalue weighted by Gasteiger charge is 2.35. The highest BCUT2D eigenvalue weighted by Crippen LogP contribution is 2.31. The minimum Gasteiger partial charge on any atom is -0.342 e. The van der Waals surface area contributed by atoms with E-state index in [1.54, 1.807) is 18.2 Å². The number of aromatic nitrogens is 1. The molecule has 6 nitrogen and oxygen atoms in total. The summed E-state index contributed by atoms with van der Waals surface area (Å²) in [5.41, 5.74) is 2.98. The number of thioether (sulfide) groups is 1. The second kappa shape index (κ2) is 8.20. The van der Waals surface area contributed by atoms with Gasteiger partial charge < -0.3 is 4.57 Å². The van der Waals surface area contributed by atoms with E-state index in [0.29, 0.717) is 11.7 Å². The normalized spacial score (nSPS) is 17.2. The molecule has 0 spiro atoms. The Kier molecular flexibility index (Phi) is 5.22. The monoisotopic (exact) mass is 445 g/mol. The molecule has 0 atom stereocenters. The zero-order chi connectivity index (χ0) is 22.2. The number of nitrogens with zero attached hydrogens (tertiary/aromatic N) is 4. The van der Waals surface area contributed by atoms with E-state index in [9.17, 15) is 9.18 Å². The molecule has 1 N–H and O–H groups in total. The van der Waals surface area contributed by atoms with E-state index in [4.69, 9.17) is 5.41 Å². The third-order valence-corrected chi connectivity index (χ3v) is 6.31. The molecule has 3 aromatic rings. The maximum absolute atomic E-state index is 13.3. The first-order chi connectivity index (χ1) is 15.5. The summed E-state index contributed by atoms with van der Waals surface area (Å²) < 4.78 is 15.3. The van der Waals surface area contributed by atoms with E-state index < -0.39 is 5.91 Å². The fourth-order valence-electron chi connectivity index (χ4n) is 3.81. The minimum absolute atomic E-state index is 0.0361. The number of carbonyl (C=O) groups excluding carboxylic acids is 1. The van der Waals surface area contributed by atoms with Gasteiger partial charge in [-0.05, 0) is 54.4 Å². The van der Waals surface area contributed by atoms with E-state index in [-0.39, 0.29) is 17.2 Å². The number of nitrogens with one attached hydrogen (secondary N) is 1. The van der Waals surface area contributed by atoms with Gasteiger partial charge in [-0.2, -0.15) is 15.1 Å². The predicted molar refractivity (Wildman–Crippen MR) is 127 cm³/mol. The summed E-state index contributed by atoms with van der Waals surface area (Å²) in [6.45, 7) is 2.62. The Morgan fingerprint density at radius 1 is 1.16 bits per heavy atom. The predicted octanol–water partition coefficient (Wildman–Crippen LogP) is 5.25. The van der Waals surface area contributed by atoms with Gasteiger partial charge in [-0.3, -0.25) is 10.2 Å². The molecular weight excluding hydrogens is 425 g/mol. The molecule has 2 aromatic carbocycles. The van der Waals surface area contributed by atoms with Gasteiger partial charge >= 0.3 is 0 Å². The van der Waals surface area contributed by atoms with Crippen molar-refractivity contribution in [3.8, 4) is 0 Å². The van der Waals surface area contributed by atoms with Crippen LogP contribution in [0.15, 0.2) is 70.4 Å². The largest absolute Gasteiger partial charge is 0.342 e. The average molecular weight is 446 g/mol. The number of hydrazone groups is 1. The number of fused-ring (bicyclic) bond motifs is 2. The summed E-state index contributed by atoms with van der Waals surface area (Å²) in [5, 5.41) is 16.8. The molecule has 3 heterocycles. The minimum atomic E-state index is -0.433. The summed E-state index contributed by atoms with van der Waals surface area (Å²) in [6, 6.07) is 14.3. The molecule has 2 aliphatic heterocycles. The summed E-state index contributed by atoms with van der Waals surface area (Å²) in [7, 11) is 0. The van der Waals surface area contributed by atoms with Crippen LogP contribution in [0.2, 0.25) is 0 Å². The van der Waals surface area contributed by atoms with Gasteiger partial charge in [0.2, 0.25) is 5.17 Å². The molecule has 0 fully saturated rings. The number of rotatable bonds is 5. The van der Waals surface area contributed by atoms with Crippen LogP contribution in [0.4, 0.5) is 4.39 Å². The number of hydrogen-bond acceptors (Lipinski definition) is 4. The van der Waals surface area contributed by atoms with Crippen molar-refractivity contribution in [1.29, 1.82) is 5.41 Å². The Morgan fingerprint density at radius 3 is 2.72 bits per heavy atom. The first-order valence-corrected chi connectivity index (χ1v) is 11.2. The molecular formula is C24H20FN5OS. The maximum Gasteiger partial charge on any atom is 0.283 e. The van der Waals surface area contributed by atoms with Crippen molar-refractivity contribution >= 4 is 50.7 Å². The van der Waals surface area contributed by atoms with Crippen LogP contribution < -0.4 is 0 Å². The number of carbonyl (C=O) groups is 1. The van der Waals surface area contributed by atoms with Crippen molar-refractivity contribution in [2.45, 2.75) is 26.3 Å². The topological polar surface area (TPSA) is 73.8 Å². The van der Waals surface area contributed by atoms with E-state index in [0.717, 1.165) is 39.9 Å². The smallest absolute Gasteiger partial charge is 0.283 e. The molecule has 2 aliphatic rings. The number of amides is 1. The molecule has 5 rings (SSSR count). The standard InChI is InChI=1S/C24H20FN5OS/c1-2-5-21-28-30-22(26)19(23(31)27-24(30)32-21)12-16-14-29(20-7-4-3-6-18(16)20)13-15-8-10-17(25)11-9-15/h3-4,6-12,14,26H,2,5,13H2,1H3/b19-12-,26-22?. The Hall–Kier alpha value is -3.52. The van der Waals surface area contributed by atoms with Crippen LogP contribution in [-0.4, -0.2) is 31.5 Å². The van der Waals surface area contributed by atoms with Crippen LogP contribution in [0.3, 0.4) is 0 Å². The molecule has 0 bridgehead atoms. The fourth-order valence-corrected chi connectivity index (χ4v) is 4.80. The molecule has 0 radical (unpaired) electrons. The van der Waals surface area contributed by atoms with E-state index in [1.165, 1.54) is 28.9 Å². The van der Waals surface area contributed by atoms with Gasteiger partial charge in [0.1, 0.15) is 10.9 Å². The van der Waals surface area contributed by atoms with E-state index in [2.05, 4.69) is 21.6 Å². The van der Waals surface area contributed by atoms with Crippen LogP contribution in [0.5, 0.6) is 0 Å². The van der Waals surface area contributed by atoms with Gasteiger partial charge in [0, 0.05) is 29.2 Å². The van der Waals surface area contributed by atoms with Crippen molar-refractivity contribution in [2.24, 2.45) is 10.1 Å². The van der Waals surface area contributed by atoms with Gasteiger partial charge in [-0.15, -0.1) is 0 Å². The summed E-state index contributed by atoms with van der Waals surface area (Å²) in [4.78, 5) is 16.9. The molecule has 32 heavy (non-hydrogen) atoms. The Balaban J connectivity index is 1.53. The maximum atomic E-state index is 13.3. The third kappa shape index (κ3) is 3.67. The summed E-state index contributed by atoms with van der Waals surface area (Å²) in [6.07, 6.45) is 5.39. The number of aliphatic imine (C=N–C) groups is 1. The number of benzene rings is 2. The summed E-state index contributed by atoms with van der Waals surface area (Å²) >= 11 is 1.35. The van der Waals surface area contributed by atoms with Gasteiger partial charge in [-0.1, -0.05) is 37.3 Å². The SMILES string of the molecule is CCCC1=NN2C(=N)/C(=C/c3cn(Cc4ccc(F)cc4)c4ccccc34)C(=O)N=C2S1. The van der Waals surface area contributed by atoms with Crippen molar-refractivity contribution < 1.29 is 9.18 Å². The van der Waals surface area contributed by atoms with Crippen molar-refractivity contribution in [3.05, 3.63) is 77.2 Å². The van der Waals surface area contributed by atoms with E-state index in [1.807, 2.05) is 30.5 Å². The lowest BCUT2D eigenvalue weighted by Gasteiger charge is -2.20. The Labute approximate surface area is 188 Å². The molecule has 1 aromatic heterocycles. The van der Waals surface area contributed by atoms with Crippen LogP contribution in [0.1, 0.15) is 30.9 Å². The molecule has 0 saturated carbocycles. The van der Waals surface area contributed by atoms with Crippen LogP contribution in [0, 0.1) is 11.2 Å². The Bertz CT molecular complexity index is 1340. The van der Waals surface area contributed by atoms with Crippen molar-refractivity contribution in [2.75, 3.05) is 0 Å². The van der Waals surface area contributed by atoms with E-state index >= 15 is 0 Å². The quantitative estimate of drug-likeness (QED) is 0.545. The number of amidine groups is 2. The van der Waals surface area contributed by atoms with Gasteiger partial charge in [0.05, 0.1) is 5.57 Å². The van der Waals surface area contributed by atoms with Gasteiger partial charge in [0.25, 0.3) is 5.91 Å². The van der Waals surface area contributed by atoms with Crippen LogP contribution in [-0.2, 0) is 11.3 Å². The third-order valence-electron chi connectivity index (χ3n) is 5.35. The first-order valence-electron chi connectivity index (χ1n) is 10.3. The lowest BCUT2D eigenvalue weighted by molar-refractivity contribution is -0.114. The molecule has 0 aliphatic carbocycles. The molecule has 1 amide bonds. The van der Waals surface area contributed by atoms with Crippen molar-refractivity contribution in [3.63, 3.8) is 0 Å². The average Bonchev–Trinajstić information content (AvgIpc) is 3.34. The lowest BCUT2D eigenvalue weighted by atomic mass is 10.1.